The summed E-state index contributed by atoms with van der Waals surface area (Å²) in [4.78, 5) is 2.38. The zero-order valence-electron chi connectivity index (χ0n) is 12.3. The van der Waals surface area contributed by atoms with Gasteiger partial charge in [-0.05, 0) is 49.1 Å². The van der Waals surface area contributed by atoms with Gasteiger partial charge in [-0.3, -0.25) is 4.90 Å². The fraction of sp³-hybridized carbons (Fsp3) is 0.625. The van der Waals surface area contributed by atoms with E-state index in [0.717, 1.165) is 25.2 Å². The topological polar surface area (TPSA) is 15.3 Å². The largest absolute Gasteiger partial charge is 0.313 e. The van der Waals surface area contributed by atoms with Gasteiger partial charge < -0.3 is 5.32 Å². The fourth-order valence-corrected chi connectivity index (χ4v) is 3.03. The Kier molecular flexibility index (Phi) is 5.82. The average molecular weight is 299 g/mol. The van der Waals surface area contributed by atoms with Crippen LogP contribution in [0, 0.1) is 11.7 Å². The highest BCUT2D eigenvalue weighted by Gasteiger charge is 2.19. The van der Waals surface area contributed by atoms with Crippen molar-refractivity contribution in [1.29, 1.82) is 0 Å². The number of halogens is 2. The molecular weight excluding hydrogens is 275 g/mol. The van der Waals surface area contributed by atoms with Crippen LogP contribution in [0.3, 0.4) is 0 Å². The summed E-state index contributed by atoms with van der Waals surface area (Å²) in [6, 6.07) is 5.17. The van der Waals surface area contributed by atoms with Crippen molar-refractivity contribution >= 4 is 11.6 Å². The van der Waals surface area contributed by atoms with Crippen molar-refractivity contribution < 1.29 is 4.39 Å². The first-order valence-corrected chi connectivity index (χ1v) is 7.82. The fourth-order valence-electron chi connectivity index (χ4n) is 2.85. The molecule has 0 amide bonds. The first kappa shape index (κ1) is 15.7. The van der Waals surface area contributed by atoms with Crippen LogP contribution >= 0.6 is 11.6 Å². The summed E-state index contributed by atoms with van der Waals surface area (Å²) in [5.41, 5.74) is 0.880. The molecule has 1 saturated heterocycles. The van der Waals surface area contributed by atoms with E-state index in [9.17, 15) is 4.39 Å². The van der Waals surface area contributed by atoms with Crippen LogP contribution in [0.4, 0.5) is 4.39 Å². The molecule has 0 aromatic heterocycles. The van der Waals surface area contributed by atoms with Crippen LogP contribution < -0.4 is 5.32 Å². The minimum atomic E-state index is -0.215. The molecule has 20 heavy (non-hydrogen) atoms. The lowest BCUT2D eigenvalue weighted by Crippen LogP contribution is -2.39. The molecule has 1 aromatic rings. The molecule has 0 spiro atoms. The summed E-state index contributed by atoms with van der Waals surface area (Å²) < 4.78 is 13.4. The predicted molar refractivity (Wildman–Crippen MR) is 82.5 cm³/mol. The summed E-state index contributed by atoms with van der Waals surface area (Å²) in [5, 5.41) is 4.18. The van der Waals surface area contributed by atoms with Gasteiger partial charge in [0.1, 0.15) is 5.82 Å². The molecule has 1 atom stereocenters. The molecule has 0 saturated carbocycles. The molecule has 112 valence electrons. The van der Waals surface area contributed by atoms with E-state index >= 15 is 0 Å². The number of hydrogen-bond donors (Lipinski definition) is 1. The quantitative estimate of drug-likeness (QED) is 0.862. The average Bonchev–Trinajstić information content (AvgIpc) is 2.86. The normalized spacial score (nSPS) is 19.2. The molecule has 1 fully saturated rings. The molecule has 1 aliphatic rings. The Morgan fingerprint density at radius 1 is 1.45 bits per heavy atom. The van der Waals surface area contributed by atoms with E-state index in [2.05, 4.69) is 24.1 Å². The second kappa shape index (κ2) is 7.39. The number of rotatable bonds is 6. The van der Waals surface area contributed by atoms with Gasteiger partial charge in [0.15, 0.2) is 0 Å². The van der Waals surface area contributed by atoms with Gasteiger partial charge in [0, 0.05) is 30.7 Å². The van der Waals surface area contributed by atoms with E-state index < -0.39 is 0 Å². The van der Waals surface area contributed by atoms with Crippen molar-refractivity contribution in [1.82, 2.24) is 10.2 Å². The maximum absolute atomic E-state index is 13.4. The van der Waals surface area contributed by atoms with E-state index in [1.165, 1.54) is 18.9 Å². The van der Waals surface area contributed by atoms with Gasteiger partial charge in [-0.1, -0.05) is 25.4 Å². The Morgan fingerprint density at radius 3 is 2.90 bits per heavy atom. The highest BCUT2D eigenvalue weighted by atomic mass is 35.5. The van der Waals surface area contributed by atoms with Gasteiger partial charge in [0.25, 0.3) is 0 Å². The van der Waals surface area contributed by atoms with Gasteiger partial charge in [0.2, 0.25) is 0 Å². The standard InChI is InChI=1S/C16H24ClFN2/c1-12(2)9-20(11-15-4-3-7-19-15)10-13-8-14(18)5-6-16(13)17/h5-6,8,12,15,19H,3-4,7,9-11H2,1-2H3. The third-order valence-corrected chi connectivity index (χ3v) is 4.03. The van der Waals surface area contributed by atoms with E-state index in [4.69, 9.17) is 11.6 Å². The van der Waals surface area contributed by atoms with Crippen molar-refractivity contribution in [2.75, 3.05) is 19.6 Å². The maximum Gasteiger partial charge on any atom is 0.123 e. The number of nitrogens with zero attached hydrogens (tertiary/aromatic N) is 1. The van der Waals surface area contributed by atoms with Gasteiger partial charge in [-0.2, -0.15) is 0 Å². The van der Waals surface area contributed by atoms with Gasteiger partial charge in [-0.15, -0.1) is 0 Å². The summed E-state index contributed by atoms with van der Waals surface area (Å²) in [6.45, 7) is 8.26. The molecule has 0 radical (unpaired) electrons. The summed E-state index contributed by atoms with van der Waals surface area (Å²) in [7, 11) is 0. The monoisotopic (exact) mass is 298 g/mol. The molecule has 4 heteroatoms. The van der Waals surface area contributed by atoms with Crippen LogP contribution in [0.5, 0.6) is 0 Å². The SMILES string of the molecule is CC(C)CN(Cc1cc(F)ccc1Cl)CC1CCCN1. The number of nitrogens with one attached hydrogen (secondary N) is 1. The summed E-state index contributed by atoms with van der Waals surface area (Å²) in [6.07, 6.45) is 2.48. The van der Waals surface area contributed by atoms with Crippen molar-refractivity contribution in [2.24, 2.45) is 5.92 Å². The van der Waals surface area contributed by atoms with Crippen LogP contribution in [0.2, 0.25) is 5.02 Å². The third kappa shape index (κ3) is 4.72. The Morgan fingerprint density at radius 2 is 2.25 bits per heavy atom. The Balaban J connectivity index is 2.03. The summed E-state index contributed by atoms with van der Waals surface area (Å²) in [5.74, 6) is 0.372. The van der Waals surface area contributed by atoms with Crippen molar-refractivity contribution in [3.8, 4) is 0 Å². The van der Waals surface area contributed by atoms with Gasteiger partial charge in [-0.25, -0.2) is 4.39 Å². The van der Waals surface area contributed by atoms with Gasteiger partial charge >= 0.3 is 0 Å². The molecule has 0 aliphatic carbocycles. The zero-order valence-corrected chi connectivity index (χ0v) is 13.1. The molecule has 0 bridgehead atoms. The zero-order chi connectivity index (χ0) is 14.5. The van der Waals surface area contributed by atoms with E-state index in [0.29, 0.717) is 23.5 Å². The lowest BCUT2D eigenvalue weighted by Gasteiger charge is -2.27. The Bertz CT molecular complexity index is 430. The van der Waals surface area contributed by atoms with Crippen LogP contribution in [0.15, 0.2) is 18.2 Å². The molecule has 1 unspecified atom stereocenters. The molecule has 1 aliphatic heterocycles. The highest BCUT2D eigenvalue weighted by Crippen LogP contribution is 2.20. The predicted octanol–water partition coefficient (Wildman–Crippen LogP) is 3.69. The first-order valence-electron chi connectivity index (χ1n) is 7.44. The Hall–Kier alpha value is -0.640. The number of hydrogen-bond acceptors (Lipinski definition) is 2. The van der Waals surface area contributed by atoms with Crippen LogP contribution in [-0.2, 0) is 6.54 Å². The van der Waals surface area contributed by atoms with Crippen LogP contribution in [-0.4, -0.2) is 30.6 Å². The maximum atomic E-state index is 13.4. The lowest BCUT2D eigenvalue weighted by molar-refractivity contribution is 0.216. The first-order chi connectivity index (χ1) is 9.54. The third-order valence-electron chi connectivity index (χ3n) is 3.67. The second-order valence-corrected chi connectivity index (χ2v) is 6.52. The molecule has 1 aromatic carbocycles. The van der Waals surface area contributed by atoms with Gasteiger partial charge in [0.05, 0.1) is 0 Å². The smallest absolute Gasteiger partial charge is 0.123 e. The molecular formula is C16H24ClFN2. The van der Waals surface area contributed by atoms with Crippen molar-refractivity contribution in [3.63, 3.8) is 0 Å². The molecule has 1 heterocycles. The van der Waals surface area contributed by atoms with E-state index in [-0.39, 0.29) is 5.82 Å². The van der Waals surface area contributed by atoms with Crippen molar-refractivity contribution in [2.45, 2.75) is 39.3 Å². The summed E-state index contributed by atoms with van der Waals surface area (Å²) >= 11 is 6.18. The molecule has 2 nitrogen and oxygen atoms in total. The minimum Gasteiger partial charge on any atom is -0.313 e. The number of benzene rings is 1. The molecule has 1 N–H and O–H groups in total. The van der Waals surface area contributed by atoms with E-state index in [1.54, 1.807) is 12.1 Å². The van der Waals surface area contributed by atoms with Crippen LogP contribution in [0.1, 0.15) is 32.3 Å². The highest BCUT2D eigenvalue weighted by molar-refractivity contribution is 6.31. The lowest BCUT2D eigenvalue weighted by atomic mass is 10.1. The second-order valence-electron chi connectivity index (χ2n) is 6.12. The van der Waals surface area contributed by atoms with Crippen molar-refractivity contribution in [3.05, 3.63) is 34.6 Å². The van der Waals surface area contributed by atoms with E-state index in [1.807, 2.05) is 0 Å². The minimum absolute atomic E-state index is 0.215. The molecule has 2 rings (SSSR count). The Labute approximate surface area is 126 Å². The van der Waals surface area contributed by atoms with Crippen LogP contribution in [0.25, 0.3) is 0 Å².